The Morgan fingerprint density at radius 3 is 2.54 bits per heavy atom. The van der Waals surface area contributed by atoms with Crippen molar-refractivity contribution in [1.82, 2.24) is 15.4 Å². The van der Waals surface area contributed by atoms with Crippen LogP contribution in [0, 0.1) is 0 Å². The van der Waals surface area contributed by atoms with Crippen molar-refractivity contribution in [3.05, 3.63) is 59.1 Å². The van der Waals surface area contributed by atoms with Gasteiger partial charge in [0.15, 0.2) is 5.96 Å². The molecule has 0 saturated heterocycles. The fourth-order valence-electron chi connectivity index (χ4n) is 2.37. The fourth-order valence-corrected chi connectivity index (χ4v) is 3.30. The van der Waals surface area contributed by atoms with Crippen molar-refractivity contribution < 1.29 is 13.2 Å². The molecular formula is C19H25ClN4O3S. The molecule has 0 aromatic heterocycles. The van der Waals surface area contributed by atoms with E-state index in [2.05, 4.69) is 20.3 Å². The molecule has 0 fully saturated rings. The molecular weight excluding hydrogens is 400 g/mol. The molecule has 2 aromatic carbocycles. The maximum Gasteiger partial charge on any atom is 0.240 e. The number of benzene rings is 2. The standard InChI is InChI=1S/C19H25ClN4O3S/c1-14(27-17-9-7-16(20)8-10-17)12-23-19(21-2)24-13-15-5-4-6-18(11-15)28(25,26)22-3/h4-11,14,22H,12-13H2,1-3H3,(H2,21,23,24). The molecule has 0 bridgehead atoms. The van der Waals surface area contributed by atoms with E-state index < -0.39 is 10.0 Å². The van der Waals surface area contributed by atoms with E-state index in [1.807, 2.05) is 25.1 Å². The van der Waals surface area contributed by atoms with Crippen LogP contribution in [-0.4, -0.2) is 41.1 Å². The number of hydrogen-bond donors (Lipinski definition) is 3. The molecule has 9 heteroatoms. The predicted molar refractivity (Wildman–Crippen MR) is 112 cm³/mol. The van der Waals surface area contributed by atoms with E-state index in [0.29, 0.717) is 24.1 Å². The highest BCUT2D eigenvalue weighted by molar-refractivity contribution is 7.89. The van der Waals surface area contributed by atoms with E-state index in [1.54, 1.807) is 37.4 Å². The summed E-state index contributed by atoms with van der Waals surface area (Å²) in [4.78, 5) is 4.40. The normalized spacial score (nSPS) is 13.1. The zero-order chi connectivity index (χ0) is 20.6. The number of sulfonamides is 1. The summed E-state index contributed by atoms with van der Waals surface area (Å²) in [5.74, 6) is 1.33. The Bertz CT molecular complexity index is 902. The summed E-state index contributed by atoms with van der Waals surface area (Å²) in [6.07, 6.45) is -0.0937. The number of guanidine groups is 1. The lowest BCUT2D eigenvalue weighted by molar-refractivity contribution is 0.224. The largest absolute Gasteiger partial charge is 0.489 e. The second-order valence-electron chi connectivity index (χ2n) is 6.04. The topological polar surface area (TPSA) is 91.8 Å². The average Bonchev–Trinajstić information content (AvgIpc) is 2.70. The Morgan fingerprint density at radius 2 is 1.89 bits per heavy atom. The monoisotopic (exact) mass is 424 g/mol. The number of halogens is 1. The molecule has 3 N–H and O–H groups in total. The van der Waals surface area contributed by atoms with E-state index in [1.165, 1.54) is 7.05 Å². The summed E-state index contributed by atoms with van der Waals surface area (Å²) >= 11 is 5.87. The van der Waals surface area contributed by atoms with E-state index in [9.17, 15) is 8.42 Å². The van der Waals surface area contributed by atoms with Crippen LogP contribution in [0.25, 0.3) is 0 Å². The Hall–Kier alpha value is -2.29. The maximum absolute atomic E-state index is 11.9. The third-order valence-corrected chi connectivity index (χ3v) is 5.53. The van der Waals surface area contributed by atoms with E-state index in [0.717, 1.165) is 11.3 Å². The van der Waals surface area contributed by atoms with Gasteiger partial charge in [-0.1, -0.05) is 23.7 Å². The lowest BCUT2D eigenvalue weighted by Crippen LogP contribution is -2.41. The minimum absolute atomic E-state index is 0.0937. The Morgan fingerprint density at radius 1 is 1.18 bits per heavy atom. The van der Waals surface area contributed by atoms with Crippen LogP contribution in [0.2, 0.25) is 5.02 Å². The molecule has 0 aliphatic carbocycles. The van der Waals surface area contributed by atoms with Gasteiger partial charge < -0.3 is 15.4 Å². The first-order valence-electron chi connectivity index (χ1n) is 8.73. The summed E-state index contributed by atoms with van der Waals surface area (Å²) in [6, 6.07) is 13.9. The lowest BCUT2D eigenvalue weighted by atomic mass is 10.2. The van der Waals surface area contributed by atoms with Gasteiger partial charge in [-0.05, 0) is 55.9 Å². The highest BCUT2D eigenvalue weighted by Crippen LogP contribution is 2.16. The molecule has 2 aromatic rings. The molecule has 2 rings (SSSR count). The van der Waals surface area contributed by atoms with Crippen LogP contribution in [0.15, 0.2) is 58.4 Å². The molecule has 0 aliphatic rings. The summed E-state index contributed by atoms with van der Waals surface area (Å²) in [7, 11) is -0.410. The molecule has 0 aliphatic heterocycles. The molecule has 1 unspecified atom stereocenters. The second kappa shape index (κ2) is 10.3. The van der Waals surface area contributed by atoms with Gasteiger partial charge in [0.2, 0.25) is 10.0 Å². The first-order chi connectivity index (χ1) is 13.3. The summed E-state index contributed by atoms with van der Waals surface area (Å²) in [5, 5.41) is 7.01. The number of ether oxygens (including phenoxy) is 1. The number of aliphatic imine (C=N–C) groups is 1. The minimum atomic E-state index is -3.47. The van der Waals surface area contributed by atoms with Crippen LogP contribution >= 0.6 is 11.6 Å². The predicted octanol–water partition coefficient (Wildman–Crippen LogP) is 2.38. The zero-order valence-corrected chi connectivity index (χ0v) is 17.6. The van der Waals surface area contributed by atoms with E-state index in [-0.39, 0.29) is 11.0 Å². The molecule has 152 valence electrons. The van der Waals surface area contributed by atoms with Crippen LogP contribution in [0.5, 0.6) is 5.75 Å². The zero-order valence-electron chi connectivity index (χ0n) is 16.1. The highest BCUT2D eigenvalue weighted by atomic mass is 35.5. The number of rotatable bonds is 8. The van der Waals surface area contributed by atoms with Gasteiger partial charge in [-0.25, -0.2) is 13.1 Å². The minimum Gasteiger partial charge on any atom is -0.489 e. The smallest absolute Gasteiger partial charge is 0.240 e. The number of hydrogen-bond acceptors (Lipinski definition) is 4. The Balaban J connectivity index is 1.86. The molecule has 7 nitrogen and oxygen atoms in total. The van der Waals surface area contributed by atoms with Crippen molar-refractivity contribution in [2.45, 2.75) is 24.5 Å². The third kappa shape index (κ3) is 6.70. The van der Waals surface area contributed by atoms with Gasteiger partial charge in [-0.2, -0.15) is 0 Å². The molecule has 0 heterocycles. The maximum atomic E-state index is 11.9. The first-order valence-corrected chi connectivity index (χ1v) is 10.6. The fraction of sp³-hybridized carbons (Fsp3) is 0.316. The highest BCUT2D eigenvalue weighted by Gasteiger charge is 2.11. The Labute approximate surface area is 171 Å². The molecule has 0 amide bonds. The lowest BCUT2D eigenvalue weighted by Gasteiger charge is -2.18. The molecule has 0 spiro atoms. The summed E-state index contributed by atoms with van der Waals surface area (Å²) in [6.45, 7) is 2.91. The molecule has 0 radical (unpaired) electrons. The van der Waals surface area contributed by atoms with E-state index >= 15 is 0 Å². The van der Waals surface area contributed by atoms with Gasteiger partial charge in [-0.15, -0.1) is 0 Å². The van der Waals surface area contributed by atoms with Crippen LogP contribution in [0.1, 0.15) is 12.5 Å². The van der Waals surface area contributed by atoms with Crippen LogP contribution < -0.4 is 20.1 Å². The summed E-state index contributed by atoms with van der Waals surface area (Å²) < 4.78 is 31.9. The van der Waals surface area contributed by atoms with Gasteiger partial charge in [-0.3, -0.25) is 4.99 Å². The van der Waals surface area contributed by atoms with Crippen molar-refractivity contribution in [3.63, 3.8) is 0 Å². The molecule has 28 heavy (non-hydrogen) atoms. The first kappa shape index (κ1) is 22.0. The summed E-state index contributed by atoms with van der Waals surface area (Å²) in [5.41, 5.74) is 0.824. The van der Waals surface area contributed by atoms with Gasteiger partial charge >= 0.3 is 0 Å². The van der Waals surface area contributed by atoms with Gasteiger partial charge in [0, 0.05) is 18.6 Å². The van der Waals surface area contributed by atoms with Crippen molar-refractivity contribution >= 4 is 27.6 Å². The quantitative estimate of drug-likeness (QED) is 0.447. The van der Waals surface area contributed by atoms with Crippen molar-refractivity contribution in [2.75, 3.05) is 20.6 Å². The van der Waals surface area contributed by atoms with E-state index in [4.69, 9.17) is 16.3 Å². The van der Waals surface area contributed by atoms with Gasteiger partial charge in [0.1, 0.15) is 11.9 Å². The van der Waals surface area contributed by atoms with Crippen LogP contribution in [0.3, 0.4) is 0 Å². The van der Waals surface area contributed by atoms with Crippen molar-refractivity contribution in [3.8, 4) is 5.75 Å². The average molecular weight is 425 g/mol. The van der Waals surface area contributed by atoms with Gasteiger partial charge in [0.25, 0.3) is 0 Å². The van der Waals surface area contributed by atoms with Crippen LogP contribution in [0.4, 0.5) is 0 Å². The van der Waals surface area contributed by atoms with Crippen molar-refractivity contribution in [1.29, 1.82) is 0 Å². The van der Waals surface area contributed by atoms with Crippen molar-refractivity contribution in [2.24, 2.45) is 4.99 Å². The SMILES string of the molecule is CN=C(NCc1cccc(S(=O)(=O)NC)c1)NCC(C)Oc1ccc(Cl)cc1. The second-order valence-corrected chi connectivity index (χ2v) is 8.37. The van der Waals surface area contributed by atoms with Gasteiger partial charge in [0.05, 0.1) is 11.4 Å². The molecule has 0 saturated carbocycles. The third-order valence-electron chi connectivity index (χ3n) is 3.87. The molecule has 1 atom stereocenters. The number of nitrogens with one attached hydrogen (secondary N) is 3. The number of nitrogens with zero attached hydrogens (tertiary/aromatic N) is 1. The van der Waals surface area contributed by atoms with Crippen LogP contribution in [-0.2, 0) is 16.6 Å². The Kier molecular flexibility index (Phi) is 8.10.